The minimum absolute atomic E-state index is 0.106. The smallest absolute Gasteiger partial charge is 0.214 e. The van der Waals surface area contributed by atoms with E-state index >= 15 is 0 Å². The van der Waals surface area contributed by atoms with Crippen molar-refractivity contribution in [3.63, 3.8) is 0 Å². The number of aromatic amines is 1. The number of fused-ring (bicyclic) bond motifs is 2. The quantitative estimate of drug-likeness (QED) is 0.323. The zero-order valence-electron chi connectivity index (χ0n) is 19.6. The largest absolute Gasteiger partial charge is 0.493 e. The number of methoxy groups -OCH3 is 1. The zero-order chi connectivity index (χ0) is 24.2. The number of ether oxygens (including phenoxy) is 2. The Bertz CT molecular complexity index is 1480. The van der Waals surface area contributed by atoms with Crippen molar-refractivity contribution in [3.8, 4) is 22.9 Å². The second-order valence-electron chi connectivity index (χ2n) is 9.38. The number of rotatable bonds is 6. The van der Waals surface area contributed by atoms with E-state index in [9.17, 15) is 4.79 Å². The molecule has 0 amide bonds. The van der Waals surface area contributed by atoms with Crippen molar-refractivity contribution in [1.29, 1.82) is 0 Å². The summed E-state index contributed by atoms with van der Waals surface area (Å²) in [7, 11) is 1.58. The fourth-order valence-electron chi connectivity index (χ4n) is 4.67. The fourth-order valence-corrected chi connectivity index (χ4v) is 4.92. The molecule has 2 aliphatic carbocycles. The standard InChI is InChI=1S/C27H25ClN4O3/c1-27(12-13-27)35-21-10-9-18-23(32-21)15(11-14-29-18)24-25(22-17(30-24)6-4-8-20(22)33)31-19-7-3-5-16(28)26(19)34-2/h3,5,7,9-11,14,30-31H,4,6,8,12-13H2,1-2H3. The number of carbonyl (C=O) groups excluding carboxylic acids is 1. The highest BCUT2D eigenvalue weighted by Crippen LogP contribution is 2.44. The van der Waals surface area contributed by atoms with Crippen LogP contribution in [0.2, 0.25) is 5.02 Å². The highest BCUT2D eigenvalue weighted by molar-refractivity contribution is 6.32. The summed E-state index contributed by atoms with van der Waals surface area (Å²) >= 11 is 6.38. The number of aromatic nitrogens is 3. The third-order valence-corrected chi connectivity index (χ3v) is 7.05. The molecule has 1 fully saturated rings. The molecule has 0 saturated heterocycles. The number of hydrogen-bond acceptors (Lipinski definition) is 6. The number of nitrogens with zero attached hydrogens (tertiary/aromatic N) is 2. The number of ketones is 1. The lowest BCUT2D eigenvalue weighted by molar-refractivity contribution is 0.0973. The lowest BCUT2D eigenvalue weighted by Gasteiger charge is -2.16. The number of H-pyrrole nitrogens is 1. The molecule has 1 aromatic carbocycles. The van der Waals surface area contributed by atoms with Crippen molar-refractivity contribution in [2.24, 2.45) is 0 Å². The Labute approximate surface area is 207 Å². The van der Waals surface area contributed by atoms with Gasteiger partial charge in [0.05, 0.1) is 40.3 Å². The van der Waals surface area contributed by atoms with Crippen LogP contribution in [0.5, 0.6) is 11.6 Å². The number of pyridine rings is 2. The summed E-state index contributed by atoms with van der Waals surface area (Å²) in [6.45, 7) is 2.09. The van der Waals surface area contributed by atoms with Crippen LogP contribution in [0, 0.1) is 0 Å². The molecular weight excluding hydrogens is 464 g/mol. The molecule has 2 aliphatic rings. The van der Waals surface area contributed by atoms with E-state index in [1.807, 2.05) is 30.3 Å². The first-order valence-electron chi connectivity index (χ1n) is 11.8. The minimum Gasteiger partial charge on any atom is -0.493 e. The molecule has 0 bridgehead atoms. The Morgan fingerprint density at radius 2 is 2.00 bits per heavy atom. The lowest BCUT2D eigenvalue weighted by atomic mass is 9.94. The maximum atomic E-state index is 13.1. The summed E-state index contributed by atoms with van der Waals surface area (Å²) in [5.41, 5.74) is 5.91. The highest BCUT2D eigenvalue weighted by Gasteiger charge is 2.40. The molecule has 178 valence electrons. The topological polar surface area (TPSA) is 89.1 Å². The van der Waals surface area contributed by atoms with Gasteiger partial charge in [0.2, 0.25) is 5.88 Å². The van der Waals surface area contributed by atoms with E-state index in [1.165, 1.54) is 0 Å². The Hall–Kier alpha value is -3.58. The molecule has 7 nitrogen and oxygen atoms in total. The first-order chi connectivity index (χ1) is 17.0. The van der Waals surface area contributed by atoms with Crippen LogP contribution >= 0.6 is 11.6 Å². The fraction of sp³-hybridized carbons (Fsp3) is 0.296. The molecule has 3 aromatic heterocycles. The van der Waals surface area contributed by atoms with Crippen LogP contribution in [0.15, 0.2) is 42.6 Å². The van der Waals surface area contributed by atoms with Gasteiger partial charge >= 0.3 is 0 Å². The van der Waals surface area contributed by atoms with Crippen molar-refractivity contribution in [3.05, 3.63) is 58.9 Å². The number of carbonyl (C=O) groups is 1. The highest BCUT2D eigenvalue weighted by atomic mass is 35.5. The van der Waals surface area contributed by atoms with E-state index in [-0.39, 0.29) is 11.4 Å². The van der Waals surface area contributed by atoms with Crippen molar-refractivity contribution >= 4 is 39.8 Å². The van der Waals surface area contributed by atoms with Crippen LogP contribution < -0.4 is 14.8 Å². The average molecular weight is 489 g/mol. The maximum Gasteiger partial charge on any atom is 0.214 e. The number of hydrogen-bond donors (Lipinski definition) is 2. The molecule has 2 N–H and O–H groups in total. The van der Waals surface area contributed by atoms with E-state index in [4.69, 9.17) is 26.1 Å². The van der Waals surface area contributed by atoms with Gasteiger partial charge in [0.25, 0.3) is 0 Å². The SMILES string of the molecule is COc1c(Cl)cccc1Nc1c(-c2ccnc3ccc(OC4(C)CC4)nc23)[nH]c2c1C(=O)CCC2. The van der Waals surface area contributed by atoms with E-state index in [1.54, 1.807) is 19.4 Å². The Morgan fingerprint density at radius 1 is 1.14 bits per heavy atom. The summed E-state index contributed by atoms with van der Waals surface area (Å²) in [5.74, 6) is 1.20. The summed E-state index contributed by atoms with van der Waals surface area (Å²) in [6.07, 6.45) is 5.93. The second kappa shape index (κ2) is 8.27. The van der Waals surface area contributed by atoms with Crippen LogP contribution in [-0.2, 0) is 6.42 Å². The van der Waals surface area contributed by atoms with Gasteiger partial charge in [0.1, 0.15) is 11.1 Å². The molecule has 8 heteroatoms. The van der Waals surface area contributed by atoms with E-state index in [0.29, 0.717) is 45.5 Å². The van der Waals surface area contributed by atoms with Gasteiger partial charge in [0, 0.05) is 29.9 Å². The minimum atomic E-state index is -0.142. The van der Waals surface area contributed by atoms with Gasteiger partial charge in [-0.05, 0) is 56.9 Å². The third-order valence-electron chi connectivity index (χ3n) is 6.75. The van der Waals surface area contributed by atoms with Crippen LogP contribution in [0.25, 0.3) is 22.3 Å². The van der Waals surface area contributed by atoms with E-state index < -0.39 is 0 Å². The van der Waals surface area contributed by atoms with Crippen LogP contribution in [0.3, 0.4) is 0 Å². The number of halogens is 1. The number of anilines is 2. The molecule has 0 aliphatic heterocycles. The van der Waals surface area contributed by atoms with Crippen molar-refractivity contribution < 1.29 is 14.3 Å². The Balaban J connectivity index is 1.54. The lowest BCUT2D eigenvalue weighted by Crippen LogP contribution is -2.13. The molecule has 0 radical (unpaired) electrons. The van der Waals surface area contributed by atoms with Crippen molar-refractivity contribution in [2.75, 3.05) is 12.4 Å². The molecule has 0 spiro atoms. The molecule has 4 aromatic rings. The Kier molecular flexibility index (Phi) is 5.18. The van der Waals surface area contributed by atoms with Crippen LogP contribution in [-0.4, -0.2) is 33.4 Å². The molecule has 6 rings (SSSR count). The number of benzene rings is 1. The predicted molar refractivity (Wildman–Crippen MR) is 136 cm³/mol. The van der Waals surface area contributed by atoms with Crippen LogP contribution in [0.4, 0.5) is 11.4 Å². The van der Waals surface area contributed by atoms with E-state index in [2.05, 4.69) is 22.2 Å². The third kappa shape index (κ3) is 3.90. The number of aryl methyl sites for hydroxylation is 1. The van der Waals surface area contributed by atoms with Gasteiger partial charge in [-0.3, -0.25) is 9.78 Å². The van der Waals surface area contributed by atoms with Gasteiger partial charge in [0.15, 0.2) is 11.5 Å². The van der Waals surface area contributed by atoms with Gasteiger partial charge in [-0.25, -0.2) is 4.98 Å². The first kappa shape index (κ1) is 21.9. The van der Waals surface area contributed by atoms with Gasteiger partial charge < -0.3 is 19.8 Å². The van der Waals surface area contributed by atoms with Gasteiger partial charge in [-0.15, -0.1) is 0 Å². The number of para-hydroxylation sites is 1. The predicted octanol–water partition coefficient (Wildman–Crippen LogP) is 6.48. The van der Waals surface area contributed by atoms with Gasteiger partial charge in [-0.1, -0.05) is 17.7 Å². The zero-order valence-corrected chi connectivity index (χ0v) is 20.3. The molecule has 0 atom stereocenters. The molecule has 0 unspecified atom stereocenters. The summed E-state index contributed by atoms with van der Waals surface area (Å²) in [4.78, 5) is 26.0. The van der Waals surface area contributed by atoms with Crippen molar-refractivity contribution in [1.82, 2.24) is 15.0 Å². The van der Waals surface area contributed by atoms with Crippen molar-refractivity contribution in [2.45, 2.75) is 44.6 Å². The Morgan fingerprint density at radius 3 is 2.80 bits per heavy atom. The first-order valence-corrected chi connectivity index (χ1v) is 12.2. The molecule has 35 heavy (non-hydrogen) atoms. The van der Waals surface area contributed by atoms with Gasteiger partial charge in [-0.2, -0.15) is 0 Å². The molecule has 1 saturated carbocycles. The number of nitrogens with one attached hydrogen (secondary N) is 2. The normalized spacial score (nSPS) is 16.1. The summed E-state index contributed by atoms with van der Waals surface area (Å²) < 4.78 is 11.7. The molecular formula is C27H25ClN4O3. The second-order valence-corrected chi connectivity index (χ2v) is 9.79. The van der Waals surface area contributed by atoms with Crippen LogP contribution in [0.1, 0.15) is 48.7 Å². The summed E-state index contributed by atoms with van der Waals surface area (Å²) in [6, 6.07) is 11.2. The average Bonchev–Trinajstić information content (AvgIpc) is 3.45. The molecule has 3 heterocycles. The van der Waals surface area contributed by atoms with E-state index in [0.717, 1.165) is 48.2 Å². The maximum absolute atomic E-state index is 13.1. The number of Topliss-reactive ketones (excluding diaryl/α,β-unsaturated/α-hetero) is 1. The monoisotopic (exact) mass is 488 g/mol. The summed E-state index contributed by atoms with van der Waals surface area (Å²) in [5, 5.41) is 3.94.